The molecule has 8 heteroatoms. The number of aromatic nitrogens is 5. The lowest BCUT2D eigenvalue weighted by Gasteiger charge is -1.91. The first-order chi connectivity index (χ1) is 8.24. The Morgan fingerprint density at radius 2 is 2.41 bits per heavy atom. The van der Waals surface area contributed by atoms with Crippen LogP contribution >= 0.6 is 11.5 Å². The third-order valence-corrected chi connectivity index (χ3v) is 2.73. The van der Waals surface area contributed by atoms with Crippen molar-refractivity contribution in [2.24, 2.45) is 0 Å². The van der Waals surface area contributed by atoms with Crippen molar-refractivity contribution in [3.05, 3.63) is 18.0 Å². The number of esters is 1. The molecule has 2 heterocycles. The van der Waals surface area contributed by atoms with Crippen LogP contribution in [0.4, 0.5) is 0 Å². The van der Waals surface area contributed by atoms with Gasteiger partial charge in [-0.2, -0.15) is 9.06 Å². The first-order valence-corrected chi connectivity index (χ1v) is 5.85. The van der Waals surface area contributed by atoms with Crippen molar-refractivity contribution in [3.8, 4) is 5.13 Å². The van der Waals surface area contributed by atoms with Gasteiger partial charge < -0.3 is 4.74 Å². The Hall–Kier alpha value is -1.83. The normalized spacial score (nSPS) is 10.5. The maximum Gasteiger partial charge on any atom is 0.377 e. The smallest absolute Gasteiger partial charge is 0.377 e. The first kappa shape index (κ1) is 11.6. The quantitative estimate of drug-likeness (QED) is 0.751. The molecule has 7 nitrogen and oxygen atoms in total. The second-order valence-electron chi connectivity index (χ2n) is 3.25. The van der Waals surface area contributed by atoms with Crippen molar-refractivity contribution in [2.75, 3.05) is 7.11 Å². The van der Waals surface area contributed by atoms with Crippen molar-refractivity contribution in [1.29, 1.82) is 0 Å². The number of rotatable bonds is 4. The molecule has 0 radical (unpaired) electrons. The maximum absolute atomic E-state index is 11.2. The van der Waals surface area contributed by atoms with Gasteiger partial charge in [0.2, 0.25) is 5.13 Å². The Kier molecular flexibility index (Phi) is 3.43. The number of aryl methyl sites for hydroxylation is 1. The van der Waals surface area contributed by atoms with E-state index in [1.54, 1.807) is 0 Å². The highest BCUT2D eigenvalue weighted by atomic mass is 32.1. The monoisotopic (exact) mass is 253 g/mol. The number of carbonyl (C=O) groups excluding carboxylic acids is 1. The summed E-state index contributed by atoms with van der Waals surface area (Å²) >= 11 is 1.22. The molecule has 17 heavy (non-hydrogen) atoms. The average Bonchev–Trinajstić information content (AvgIpc) is 2.96. The van der Waals surface area contributed by atoms with Gasteiger partial charge in [-0.1, -0.05) is 6.92 Å². The van der Waals surface area contributed by atoms with E-state index in [1.807, 2.05) is 0 Å². The molecule has 0 saturated carbocycles. The summed E-state index contributed by atoms with van der Waals surface area (Å²) in [6.45, 7) is 2.06. The van der Waals surface area contributed by atoms with Gasteiger partial charge in [-0.25, -0.2) is 14.8 Å². The van der Waals surface area contributed by atoms with E-state index < -0.39 is 5.97 Å². The summed E-state index contributed by atoms with van der Waals surface area (Å²) in [5, 5.41) is 4.56. The standard InChI is InChI=1S/C9H11N5O2S/c1-3-4-6-11-9(17-13-6)14-5-10-7(12-14)8(15)16-2/h5H,3-4H2,1-2H3. The number of nitrogens with zero attached hydrogens (tertiary/aromatic N) is 5. The lowest BCUT2D eigenvalue weighted by Crippen LogP contribution is -2.05. The Balaban J connectivity index is 2.21. The minimum Gasteiger partial charge on any atom is -0.463 e. The predicted molar refractivity (Wildman–Crippen MR) is 60.2 cm³/mol. The second-order valence-corrected chi connectivity index (χ2v) is 3.98. The van der Waals surface area contributed by atoms with Crippen LogP contribution in [0.3, 0.4) is 0 Å². The van der Waals surface area contributed by atoms with Crippen LogP contribution in [-0.4, -0.2) is 37.2 Å². The molecule has 90 valence electrons. The van der Waals surface area contributed by atoms with Crippen LogP contribution in [0, 0.1) is 0 Å². The average molecular weight is 253 g/mol. The van der Waals surface area contributed by atoms with Crippen molar-refractivity contribution in [3.63, 3.8) is 0 Å². The highest BCUT2D eigenvalue weighted by Crippen LogP contribution is 2.10. The molecule has 2 aromatic heterocycles. The molecule has 0 aromatic carbocycles. The Morgan fingerprint density at radius 1 is 1.59 bits per heavy atom. The molecule has 0 aliphatic carbocycles. The highest BCUT2D eigenvalue weighted by molar-refractivity contribution is 7.08. The van der Waals surface area contributed by atoms with Crippen LogP contribution in [0.1, 0.15) is 29.8 Å². The summed E-state index contributed by atoms with van der Waals surface area (Å²) in [6.07, 6.45) is 3.23. The van der Waals surface area contributed by atoms with E-state index >= 15 is 0 Å². The summed E-state index contributed by atoms with van der Waals surface area (Å²) in [5.74, 6) is 0.226. The zero-order valence-corrected chi connectivity index (χ0v) is 10.3. The molecule has 0 unspecified atom stereocenters. The molecule has 0 atom stereocenters. The Morgan fingerprint density at radius 3 is 3.12 bits per heavy atom. The summed E-state index contributed by atoms with van der Waals surface area (Å²) < 4.78 is 10.1. The van der Waals surface area contributed by atoms with Crippen LogP contribution in [0.5, 0.6) is 0 Å². The lowest BCUT2D eigenvalue weighted by molar-refractivity contribution is 0.0587. The molecule has 0 fully saturated rings. The summed E-state index contributed by atoms with van der Waals surface area (Å²) in [7, 11) is 1.29. The highest BCUT2D eigenvalue weighted by Gasteiger charge is 2.13. The maximum atomic E-state index is 11.2. The van der Waals surface area contributed by atoms with Gasteiger partial charge in [0.15, 0.2) is 0 Å². The molecule has 0 N–H and O–H groups in total. The third-order valence-electron chi connectivity index (χ3n) is 1.99. The van der Waals surface area contributed by atoms with Gasteiger partial charge in [0, 0.05) is 18.0 Å². The summed E-state index contributed by atoms with van der Waals surface area (Å²) in [4.78, 5) is 19.3. The van der Waals surface area contributed by atoms with E-state index in [0.717, 1.165) is 18.7 Å². The zero-order chi connectivity index (χ0) is 12.3. The van der Waals surface area contributed by atoms with Crippen LogP contribution in [0.25, 0.3) is 5.13 Å². The molecule has 0 aliphatic rings. The molecule has 2 rings (SSSR count). The molecular formula is C9H11N5O2S. The number of carbonyl (C=O) groups is 1. The van der Waals surface area contributed by atoms with Gasteiger partial charge in [0.25, 0.3) is 5.82 Å². The number of ether oxygens (including phenoxy) is 1. The fourth-order valence-corrected chi connectivity index (χ4v) is 1.84. The van der Waals surface area contributed by atoms with Crippen LogP contribution in [0.15, 0.2) is 6.33 Å². The van der Waals surface area contributed by atoms with E-state index in [1.165, 1.54) is 29.7 Å². The van der Waals surface area contributed by atoms with E-state index in [9.17, 15) is 4.79 Å². The number of methoxy groups -OCH3 is 1. The van der Waals surface area contributed by atoms with Crippen molar-refractivity contribution >= 4 is 17.5 Å². The van der Waals surface area contributed by atoms with Crippen molar-refractivity contribution < 1.29 is 9.53 Å². The first-order valence-electron chi connectivity index (χ1n) is 5.07. The van der Waals surface area contributed by atoms with E-state index in [4.69, 9.17) is 0 Å². The largest absolute Gasteiger partial charge is 0.463 e. The Bertz CT molecular complexity index is 521. The minimum absolute atomic E-state index is 0.0136. The number of hydrogen-bond donors (Lipinski definition) is 0. The fraction of sp³-hybridized carbons (Fsp3) is 0.444. The molecule has 0 spiro atoms. The molecule has 0 saturated heterocycles. The van der Waals surface area contributed by atoms with E-state index in [0.29, 0.717) is 5.13 Å². The molecule has 0 aliphatic heterocycles. The van der Waals surface area contributed by atoms with Gasteiger partial charge in [-0.15, -0.1) is 5.10 Å². The van der Waals surface area contributed by atoms with Gasteiger partial charge in [0.05, 0.1) is 7.11 Å². The SMILES string of the molecule is CCCc1nsc(-n2cnc(C(=O)OC)n2)n1. The van der Waals surface area contributed by atoms with E-state index in [2.05, 4.69) is 31.1 Å². The number of hydrogen-bond acceptors (Lipinski definition) is 7. The van der Waals surface area contributed by atoms with E-state index in [-0.39, 0.29) is 5.82 Å². The lowest BCUT2D eigenvalue weighted by atomic mass is 10.3. The van der Waals surface area contributed by atoms with Crippen LogP contribution in [0.2, 0.25) is 0 Å². The summed E-state index contributed by atoms with van der Waals surface area (Å²) in [5.41, 5.74) is 0. The minimum atomic E-state index is -0.568. The van der Waals surface area contributed by atoms with Gasteiger partial charge in [-0.05, 0) is 6.42 Å². The van der Waals surface area contributed by atoms with Gasteiger partial charge >= 0.3 is 5.97 Å². The summed E-state index contributed by atoms with van der Waals surface area (Å²) in [6, 6.07) is 0. The zero-order valence-electron chi connectivity index (χ0n) is 9.45. The van der Waals surface area contributed by atoms with Crippen LogP contribution < -0.4 is 0 Å². The Labute approximate surface area is 102 Å². The molecule has 0 bridgehead atoms. The molecular weight excluding hydrogens is 242 g/mol. The van der Waals surface area contributed by atoms with Crippen molar-refractivity contribution in [2.45, 2.75) is 19.8 Å². The topological polar surface area (TPSA) is 82.8 Å². The molecule has 0 amide bonds. The third kappa shape index (κ3) is 2.47. The predicted octanol–water partition coefficient (Wildman–Crippen LogP) is 0.858. The van der Waals surface area contributed by atoms with Crippen molar-refractivity contribution in [1.82, 2.24) is 24.1 Å². The fourth-order valence-electron chi connectivity index (χ4n) is 1.20. The molecule has 2 aromatic rings. The van der Waals surface area contributed by atoms with Gasteiger partial charge in [0.1, 0.15) is 12.2 Å². The van der Waals surface area contributed by atoms with Gasteiger partial charge in [-0.3, -0.25) is 0 Å². The second kappa shape index (κ2) is 5.00. The van der Waals surface area contributed by atoms with Crippen LogP contribution in [-0.2, 0) is 11.2 Å².